The minimum atomic E-state index is -0.434. The molecule has 0 radical (unpaired) electrons. The lowest BCUT2D eigenvalue weighted by Crippen LogP contribution is -1.96. The van der Waals surface area contributed by atoms with Gasteiger partial charge in [0, 0.05) is 9.50 Å². The van der Waals surface area contributed by atoms with Gasteiger partial charge in [-0.3, -0.25) is 0 Å². The third-order valence-corrected chi connectivity index (χ3v) is 4.90. The number of benzene rings is 3. The summed E-state index contributed by atoms with van der Waals surface area (Å²) in [7, 11) is 0. The van der Waals surface area contributed by atoms with E-state index in [1.165, 1.54) is 12.1 Å². The molecule has 3 aromatic carbocycles. The van der Waals surface area contributed by atoms with Crippen molar-refractivity contribution in [2.45, 2.75) is 5.38 Å². The first-order chi connectivity index (χ1) is 10.1. The SMILES string of the molecule is Fc1ccc(C(Cl)c2ccc(Br)c3ccccc23)c(Cl)c1. The van der Waals surface area contributed by atoms with Crippen molar-refractivity contribution in [2.75, 3.05) is 0 Å². The monoisotopic (exact) mass is 382 g/mol. The van der Waals surface area contributed by atoms with Crippen LogP contribution in [0.15, 0.2) is 59.1 Å². The van der Waals surface area contributed by atoms with E-state index in [1.807, 2.05) is 36.4 Å². The highest BCUT2D eigenvalue weighted by Gasteiger charge is 2.17. The zero-order valence-electron chi connectivity index (χ0n) is 10.8. The predicted octanol–water partition coefficient (Wildman–Crippen LogP) is 6.72. The lowest BCUT2D eigenvalue weighted by molar-refractivity contribution is 0.627. The second kappa shape index (κ2) is 5.96. The van der Waals surface area contributed by atoms with Crippen molar-refractivity contribution < 1.29 is 4.39 Å². The third-order valence-electron chi connectivity index (χ3n) is 3.41. The van der Waals surface area contributed by atoms with Gasteiger partial charge in [-0.05, 0) is 40.1 Å². The van der Waals surface area contributed by atoms with Crippen LogP contribution in [0.3, 0.4) is 0 Å². The molecule has 0 aliphatic rings. The fourth-order valence-electron chi connectivity index (χ4n) is 2.38. The predicted molar refractivity (Wildman–Crippen MR) is 90.8 cm³/mol. The van der Waals surface area contributed by atoms with Crippen molar-refractivity contribution in [3.05, 3.63) is 81.0 Å². The van der Waals surface area contributed by atoms with Crippen LogP contribution in [-0.2, 0) is 0 Å². The van der Waals surface area contributed by atoms with E-state index in [2.05, 4.69) is 15.9 Å². The van der Waals surface area contributed by atoms with Crippen LogP contribution in [0.4, 0.5) is 4.39 Å². The maximum absolute atomic E-state index is 13.2. The molecule has 4 heteroatoms. The molecule has 0 aromatic heterocycles. The number of hydrogen-bond acceptors (Lipinski definition) is 0. The Morgan fingerprint density at radius 2 is 1.57 bits per heavy atom. The van der Waals surface area contributed by atoms with Gasteiger partial charge in [-0.1, -0.05) is 63.9 Å². The quantitative estimate of drug-likeness (QED) is 0.430. The summed E-state index contributed by atoms with van der Waals surface area (Å²) in [6.07, 6.45) is 0. The first-order valence-electron chi connectivity index (χ1n) is 6.34. The second-order valence-electron chi connectivity index (χ2n) is 4.71. The van der Waals surface area contributed by atoms with Crippen molar-refractivity contribution >= 4 is 49.9 Å². The Morgan fingerprint density at radius 1 is 0.905 bits per heavy atom. The molecule has 0 spiro atoms. The Labute approximate surface area is 140 Å². The van der Waals surface area contributed by atoms with E-state index in [4.69, 9.17) is 23.2 Å². The molecule has 0 saturated carbocycles. The molecule has 0 amide bonds. The van der Waals surface area contributed by atoms with Crippen LogP contribution < -0.4 is 0 Å². The van der Waals surface area contributed by atoms with E-state index in [9.17, 15) is 4.39 Å². The van der Waals surface area contributed by atoms with Gasteiger partial charge in [-0.15, -0.1) is 11.6 Å². The highest BCUT2D eigenvalue weighted by Crippen LogP contribution is 2.39. The molecule has 21 heavy (non-hydrogen) atoms. The highest BCUT2D eigenvalue weighted by atomic mass is 79.9. The maximum atomic E-state index is 13.2. The molecule has 0 nitrogen and oxygen atoms in total. The number of alkyl halides is 1. The summed E-state index contributed by atoms with van der Waals surface area (Å²) in [5.41, 5.74) is 1.65. The topological polar surface area (TPSA) is 0 Å². The Hall–Kier alpha value is -1.09. The van der Waals surface area contributed by atoms with Crippen LogP contribution in [-0.4, -0.2) is 0 Å². The Kier molecular flexibility index (Phi) is 4.21. The number of fused-ring (bicyclic) bond motifs is 1. The van der Waals surface area contributed by atoms with Crippen molar-refractivity contribution in [1.82, 2.24) is 0 Å². The zero-order chi connectivity index (χ0) is 15.0. The summed E-state index contributed by atoms with van der Waals surface area (Å²) in [5, 5.41) is 2.03. The smallest absolute Gasteiger partial charge is 0.124 e. The zero-order valence-corrected chi connectivity index (χ0v) is 13.9. The van der Waals surface area contributed by atoms with Crippen molar-refractivity contribution in [1.29, 1.82) is 0 Å². The standard InChI is InChI=1S/C17H10BrCl2F/c18-15-8-7-13(11-3-1-2-4-12(11)15)17(20)14-6-5-10(21)9-16(14)19/h1-9,17H. The van der Waals surface area contributed by atoms with Gasteiger partial charge in [0.1, 0.15) is 5.82 Å². The minimum Gasteiger partial charge on any atom is -0.207 e. The summed E-state index contributed by atoms with van der Waals surface area (Å²) < 4.78 is 14.2. The Bertz CT molecular complexity index is 817. The van der Waals surface area contributed by atoms with Gasteiger partial charge in [0.2, 0.25) is 0 Å². The van der Waals surface area contributed by atoms with Crippen LogP contribution in [0.1, 0.15) is 16.5 Å². The lowest BCUT2D eigenvalue weighted by Gasteiger charge is -2.15. The highest BCUT2D eigenvalue weighted by molar-refractivity contribution is 9.10. The van der Waals surface area contributed by atoms with Crippen LogP contribution in [0.5, 0.6) is 0 Å². The molecule has 0 bridgehead atoms. The van der Waals surface area contributed by atoms with E-state index in [0.29, 0.717) is 10.6 Å². The van der Waals surface area contributed by atoms with Gasteiger partial charge in [-0.2, -0.15) is 0 Å². The normalized spacial score (nSPS) is 12.6. The molecular weight excluding hydrogens is 374 g/mol. The number of halogens is 4. The molecular formula is C17H10BrCl2F. The van der Waals surface area contributed by atoms with E-state index >= 15 is 0 Å². The van der Waals surface area contributed by atoms with E-state index in [-0.39, 0.29) is 5.82 Å². The van der Waals surface area contributed by atoms with Gasteiger partial charge >= 0.3 is 0 Å². The Balaban J connectivity index is 2.18. The summed E-state index contributed by atoms with van der Waals surface area (Å²) in [6.45, 7) is 0. The molecule has 0 saturated heterocycles. The van der Waals surface area contributed by atoms with Crippen molar-refractivity contribution in [3.8, 4) is 0 Å². The van der Waals surface area contributed by atoms with E-state index in [0.717, 1.165) is 20.8 Å². The van der Waals surface area contributed by atoms with E-state index < -0.39 is 5.38 Å². The van der Waals surface area contributed by atoms with Gasteiger partial charge in [0.15, 0.2) is 0 Å². The Morgan fingerprint density at radius 3 is 2.29 bits per heavy atom. The molecule has 3 rings (SSSR count). The number of hydrogen-bond donors (Lipinski definition) is 0. The molecule has 0 fully saturated rings. The van der Waals surface area contributed by atoms with E-state index in [1.54, 1.807) is 6.07 Å². The van der Waals surface area contributed by atoms with Crippen LogP contribution >= 0.6 is 39.1 Å². The summed E-state index contributed by atoms with van der Waals surface area (Å²) in [5.74, 6) is -0.367. The molecule has 0 aliphatic heterocycles. The molecule has 0 heterocycles. The largest absolute Gasteiger partial charge is 0.207 e. The second-order valence-corrected chi connectivity index (χ2v) is 6.41. The fraction of sp³-hybridized carbons (Fsp3) is 0.0588. The van der Waals surface area contributed by atoms with Crippen LogP contribution in [0.25, 0.3) is 10.8 Å². The first kappa shape index (κ1) is 14.8. The molecule has 1 unspecified atom stereocenters. The third kappa shape index (κ3) is 2.80. The van der Waals surface area contributed by atoms with Crippen molar-refractivity contribution in [3.63, 3.8) is 0 Å². The molecule has 0 N–H and O–H groups in total. The van der Waals surface area contributed by atoms with Crippen LogP contribution in [0.2, 0.25) is 5.02 Å². The molecule has 0 aliphatic carbocycles. The summed E-state index contributed by atoms with van der Waals surface area (Å²) in [6, 6.07) is 16.2. The molecule has 3 aromatic rings. The fourth-order valence-corrected chi connectivity index (χ4v) is 3.57. The number of rotatable bonds is 2. The van der Waals surface area contributed by atoms with Gasteiger partial charge in [-0.25, -0.2) is 4.39 Å². The van der Waals surface area contributed by atoms with Gasteiger partial charge in [0.05, 0.1) is 5.38 Å². The summed E-state index contributed by atoms with van der Waals surface area (Å²) >= 11 is 16.3. The first-order valence-corrected chi connectivity index (χ1v) is 7.95. The average molecular weight is 384 g/mol. The minimum absolute atomic E-state index is 0.335. The molecule has 106 valence electrons. The average Bonchev–Trinajstić information content (AvgIpc) is 2.47. The van der Waals surface area contributed by atoms with Crippen molar-refractivity contribution in [2.24, 2.45) is 0 Å². The molecule has 1 atom stereocenters. The summed E-state index contributed by atoms with van der Waals surface area (Å²) in [4.78, 5) is 0. The lowest BCUT2D eigenvalue weighted by atomic mass is 9.98. The van der Waals surface area contributed by atoms with Gasteiger partial charge in [0.25, 0.3) is 0 Å². The maximum Gasteiger partial charge on any atom is 0.124 e. The van der Waals surface area contributed by atoms with Crippen LogP contribution in [0, 0.1) is 5.82 Å². The van der Waals surface area contributed by atoms with Gasteiger partial charge < -0.3 is 0 Å².